The van der Waals surface area contributed by atoms with Crippen LogP contribution < -0.4 is 10.6 Å². The largest absolute Gasteiger partial charge is 0.350 e. The quantitative estimate of drug-likeness (QED) is 0.759. The smallest absolute Gasteiger partial charge is 0.238 e. The first-order valence-corrected chi connectivity index (χ1v) is 8.80. The van der Waals surface area contributed by atoms with Crippen LogP contribution in [0.25, 0.3) is 0 Å². The van der Waals surface area contributed by atoms with Crippen LogP contribution in [0, 0.1) is 11.3 Å². The number of nitrogens with one attached hydrogen (secondary N) is 2. The van der Waals surface area contributed by atoms with Gasteiger partial charge in [-0.15, -0.1) is 11.3 Å². The van der Waals surface area contributed by atoms with Gasteiger partial charge in [-0.25, -0.2) is 0 Å². The summed E-state index contributed by atoms with van der Waals surface area (Å²) in [5.41, 5.74) is 0.890. The molecule has 0 fully saturated rings. The van der Waals surface area contributed by atoms with Crippen molar-refractivity contribution in [2.45, 2.75) is 13.5 Å². The summed E-state index contributed by atoms with van der Waals surface area (Å²) >= 11 is 1.59. The second kappa shape index (κ2) is 9.57. The van der Waals surface area contributed by atoms with E-state index in [-0.39, 0.29) is 24.9 Å². The summed E-state index contributed by atoms with van der Waals surface area (Å²) < 4.78 is 0. The lowest BCUT2D eigenvalue weighted by Gasteiger charge is -2.19. The van der Waals surface area contributed by atoms with Crippen molar-refractivity contribution >= 4 is 28.8 Å². The van der Waals surface area contributed by atoms with Gasteiger partial charge in [0.15, 0.2) is 0 Å². The van der Waals surface area contributed by atoms with Crippen molar-refractivity contribution in [3.05, 3.63) is 52.2 Å². The van der Waals surface area contributed by atoms with Crippen LogP contribution in [0.5, 0.6) is 0 Å². The highest BCUT2D eigenvalue weighted by Gasteiger charge is 2.14. The lowest BCUT2D eigenvalue weighted by Crippen LogP contribution is -2.40. The van der Waals surface area contributed by atoms with Crippen molar-refractivity contribution in [1.82, 2.24) is 10.2 Å². The third-order valence-corrected chi connectivity index (χ3v) is 4.42. The molecule has 0 aliphatic heterocycles. The van der Waals surface area contributed by atoms with Crippen LogP contribution in [0.1, 0.15) is 17.4 Å². The van der Waals surface area contributed by atoms with Gasteiger partial charge in [0.1, 0.15) is 6.07 Å². The van der Waals surface area contributed by atoms with Gasteiger partial charge < -0.3 is 10.6 Å². The molecule has 2 N–H and O–H groups in total. The molecular weight excluding hydrogens is 336 g/mol. The summed E-state index contributed by atoms with van der Waals surface area (Å²) in [6, 6.07) is 12.8. The van der Waals surface area contributed by atoms with Gasteiger partial charge in [0.2, 0.25) is 11.8 Å². The Morgan fingerprint density at radius 2 is 1.92 bits per heavy atom. The molecule has 130 valence electrons. The van der Waals surface area contributed by atoms with E-state index < -0.39 is 0 Å². The monoisotopic (exact) mass is 356 g/mol. The van der Waals surface area contributed by atoms with E-state index in [2.05, 4.69) is 10.6 Å². The average Bonchev–Trinajstić information content (AvgIpc) is 3.13. The van der Waals surface area contributed by atoms with E-state index in [1.54, 1.807) is 40.5 Å². The van der Waals surface area contributed by atoms with Crippen molar-refractivity contribution in [3.63, 3.8) is 0 Å². The molecule has 0 spiro atoms. The lowest BCUT2D eigenvalue weighted by molar-refractivity contribution is -0.123. The molecule has 1 heterocycles. The first kappa shape index (κ1) is 18.6. The average molecular weight is 356 g/mol. The summed E-state index contributed by atoms with van der Waals surface area (Å²) in [5, 5.41) is 16.6. The third-order valence-electron chi connectivity index (χ3n) is 3.54. The Morgan fingerprint density at radius 1 is 1.16 bits per heavy atom. The van der Waals surface area contributed by atoms with E-state index in [0.717, 1.165) is 4.88 Å². The predicted octanol–water partition coefficient (Wildman–Crippen LogP) is 2.20. The Labute approximate surface area is 151 Å². The van der Waals surface area contributed by atoms with E-state index in [9.17, 15) is 9.59 Å². The molecule has 0 atom stereocenters. The topological polar surface area (TPSA) is 85.2 Å². The van der Waals surface area contributed by atoms with Crippen molar-refractivity contribution in [2.75, 3.05) is 25.0 Å². The Bertz CT molecular complexity index is 753. The van der Waals surface area contributed by atoms with Crippen LogP contribution in [-0.4, -0.2) is 36.3 Å². The number of likely N-dealkylation sites (N-methyl/N-ethyl adjacent to an activating group) is 1. The minimum Gasteiger partial charge on any atom is -0.350 e. The first-order chi connectivity index (χ1) is 12.1. The number of para-hydroxylation sites is 1. The lowest BCUT2D eigenvalue weighted by atomic mass is 10.2. The summed E-state index contributed by atoms with van der Waals surface area (Å²) in [6.45, 7) is 3.19. The Balaban J connectivity index is 1.83. The van der Waals surface area contributed by atoms with Crippen molar-refractivity contribution in [1.29, 1.82) is 5.26 Å². The number of amides is 2. The van der Waals surface area contributed by atoms with E-state index in [4.69, 9.17) is 5.26 Å². The number of hydrogen-bond donors (Lipinski definition) is 2. The Morgan fingerprint density at radius 3 is 2.60 bits per heavy atom. The first-order valence-electron chi connectivity index (χ1n) is 7.92. The molecule has 0 aliphatic carbocycles. The summed E-state index contributed by atoms with van der Waals surface area (Å²) in [6.07, 6.45) is 0. The molecule has 0 unspecified atom stereocenters. The summed E-state index contributed by atoms with van der Waals surface area (Å²) in [7, 11) is 0. The van der Waals surface area contributed by atoms with Crippen molar-refractivity contribution < 1.29 is 9.59 Å². The summed E-state index contributed by atoms with van der Waals surface area (Å²) in [4.78, 5) is 27.0. The van der Waals surface area contributed by atoms with Crippen LogP contribution in [0.3, 0.4) is 0 Å². The SMILES string of the molecule is CCN(CC(=O)NCc1cccs1)CC(=O)Nc1ccccc1C#N. The van der Waals surface area contributed by atoms with Gasteiger partial charge in [0, 0.05) is 4.88 Å². The summed E-state index contributed by atoms with van der Waals surface area (Å²) in [5.74, 6) is -0.379. The van der Waals surface area contributed by atoms with Crippen molar-refractivity contribution in [2.24, 2.45) is 0 Å². The number of rotatable bonds is 8. The number of carbonyl (C=O) groups excluding carboxylic acids is 2. The fourth-order valence-corrected chi connectivity index (χ4v) is 2.86. The van der Waals surface area contributed by atoms with Gasteiger partial charge >= 0.3 is 0 Å². The van der Waals surface area contributed by atoms with Gasteiger partial charge in [0.05, 0.1) is 30.9 Å². The molecule has 0 radical (unpaired) electrons. The maximum Gasteiger partial charge on any atom is 0.238 e. The standard InChI is InChI=1S/C18H20N4O2S/c1-2-22(12-17(23)20-11-15-7-5-9-25-15)13-18(24)21-16-8-4-3-6-14(16)10-19/h3-9H,2,11-13H2,1H3,(H,20,23)(H,21,24). The fraction of sp³-hybridized carbons (Fsp3) is 0.278. The molecule has 7 heteroatoms. The predicted molar refractivity (Wildman–Crippen MR) is 98.1 cm³/mol. The van der Waals surface area contributed by atoms with E-state index >= 15 is 0 Å². The minimum atomic E-state index is -0.254. The van der Waals surface area contributed by atoms with Crippen LogP contribution in [-0.2, 0) is 16.1 Å². The molecule has 1 aromatic carbocycles. The number of carbonyl (C=O) groups is 2. The zero-order chi connectivity index (χ0) is 18.1. The maximum atomic E-state index is 12.2. The molecule has 2 aromatic rings. The highest BCUT2D eigenvalue weighted by atomic mass is 32.1. The van der Waals surface area contributed by atoms with Crippen LogP contribution in [0.2, 0.25) is 0 Å². The second-order valence-corrected chi connectivity index (χ2v) is 6.40. The Hall–Kier alpha value is -2.69. The fourth-order valence-electron chi connectivity index (χ4n) is 2.22. The van der Waals surface area contributed by atoms with Crippen LogP contribution in [0.4, 0.5) is 5.69 Å². The van der Waals surface area contributed by atoms with Gasteiger partial charge in [0.25, 0.3) is 0 Å². The molecule has 1 aromatic heterocycles. The van der Waals surface area contributed by atoms with Gasteiger partial charge in [-0.3, -0.25) is 14.5 Å². The van der Waals surface area contributed by atoms with Gasteiger partial charge in [-0.2, -0.15) is 5.26 Å². The van der Waals surface area contributed by atoms with E-state index in [1.807, 2.05) is 30.5 Å². The molecule has 2 amide bonds. The number of benzene rings is 1. The maximum absolute atomic E-state index is 12.2. The van der Waals surface area contributed by atoms with Crippen LogP contribution in [0.15, 0.2) is 41.8 Å². The van der Waals surface area contributed by atoms with Crippen LogP contribution >= 0.6 is 11.3 Å². The van der Waals surface area contributed by atoms with Gasteiger partial charge in [-0.05, 0) is 30.1 Å². The molecule has 0 saturated carbocycles. The van der Waals surface area contributed by atoms with Crippen molar-refractivity contribution in [3.8, 4) is 6.07 Å². The number of nitrogens with zero attached hydrogens (tertiary/aromatic N) is 2. The molecule has 0 bridgehead atoms. The molecule has 0 aliphatic rings. The molecule has 0 saturated heterocycles. The molecule has 25 heavy (non-hydrogen) atoms. The molecular formula is C18H20N4O2S. The van der Waals surface area contributed by atoms with Gasteiger partial charge in [-0.1, -0.05) is 25.1 Å². The third kappa shape index (κ3) is 6.03. The number of nitriles is 1. The highest BCUT2D eigenvalue weighted by Crippen LogP contribution is 2.13. The van der Waals surface area contributed by atoms with E-state index in [0.29, 0.717) is 24.3 Å². The zero-order valence-corrected chi connectivity index (χ0v) is 14.8. The normalized spacial score (nSPS) is 10.3. The number of thiophene rings is 1. The molecule has 6 nitrogen and oxygen atoms in total. The number of hydrogen-bond acceptors (Lipinski definition) is 5. The van der Waals surface area contributed by atoms with E-state index in [1.165, 1.54) is 0 Å². The number of anilines is 1. The zero-order valence-electron chi connectivity index (χ0n) is 14.0. The highest BCUT2D eigenvalue weighted by molar-refractivity contribution is 7.09. The Kier molecular flexibility index (Phi) is 7.14. The molecule has 2 rings (SSSR count). The second-order valence-electron chi connectivity index (χ2n) is 5.36. The minimum absolute atomic E-state index is 0.0860.